The molecule has 178 valence electrons. The maximum atomic E-state index is 13.7. The van der Waals surface area contributed by atoms with Gasteiger partial charge in [-0.1, -0.05) is 66.7 Å². The van der Waals surface area contributed by atoms with Gasteiger partial charge in [0.05, 0.1) is 35.1 Å². The third kappa shape index (κ3) is 3.76. The van der Waals surface area contributed by atoms with Gasteiger partial charge in [0.1, 0.15) is 5.75 Å². The van der Waals surface area contributed by atoms with Crippen molar-refractivity contribution in [2.24, 2.45) is 0 Å². The lowest BCUT2D eigenvalue weighted by Crippen LogP contribution is -2.24. The SMILES string of the molecule is COc1cccc(-c2cc(C(=O)Nc3cccc4c3C(=O)c3ccccc3C4=O)c3ccccc3n2)c1. The molecule has 1 aliphatic rings. The van der Waals surface area contributed by atoms with Crippen molar-refractivity contribution in [3.05, 3.63) is 125 Å². The summed E-state index contributed by atoms with van der Waals surface area (Å²) in [7, 11) is 1.59. The molecule has 1 amide bonds. The minimum atomic E-state index is -0.407. The van der Waals surface area contributed by atoms with Crippen molar-refractivity contribution in [1.29, 1.82) is 0 Å². The average molecular weight is 485 g/mol. The van der Waals surface area contributed by atoms with Crippen LogP contribution in [-0.4, -0.2) is 29.6 Å². The molecule has 0 radical (unpaired) electrons. The molecule has 6 heteroatoms. The Labute approximate surface area is 212 Å². The number of ketones is 2. The molecule has 1 aliphatic carbocycles. The molecule has 6 nitrogen and oxygen atoms in total. The Balaban J connectivity index is 1.45. The number of aromatic nitrogens is 1. The van der Waals surface area contributed by atoms with Gasteiger partial charge in [-0.15, -0.1) is 0 Å². The molecule has 1 aromatic heterocycles. The highest BCUT2D eigenvalue weighted by Gasteiger charge is 2.32. The van der Waals surface area contributed by atoms with E-state index >= 15 is 0 Å². The van der Waals surface area contributed by atoms with Crippen LogP contribution in [0.3, 0.4) is 0 Å². The van der Waals surface area contributed by atoms with E-state index in [1.54, 1.807) is 55.6 Å². The van der Waals surface area contributed by atoms with Crippen LogP contribution in [0.2, 0.25) is 0 Å². The van der Waals surface area contributed by atoms with Crippen LogP contribution in [0.1, 0.15) is 42.2 Å². The number of hydrogen-bond acceptors (Lipinski definition) is 5. The lowest BCUT2D eigenvalue weighted by atomic mass is 9.83. The monoisotopic (exact) mass is 484 g/mol. The highest BCUT2D eigenvalue weighted by molar-refractivity contribution is 6.31. The van der Waals surface area contributed by atoms with Crippen molar-refractivity contribution in [1.82, 2.24) is 4.98 Å². The maximum absolute atomic E-state index is 13.7. The Morgan fingerprint density at radius 3 is 2.27 bits per heavy atom. The summed E-state index contributed by atoms with van der Waals surface area (Å²) < 4.78 is 5.35. The van der Waals surface area contributed by atoms with Gasteiger partial charge in [-0.05, 0) is 30.3 Å². The summed E-state index contributed by atoms with van der Waals surface area (Å²) in [5, 5.41) is 3.57. The smallest absolute Gasteiger partial charge is 0.256 e. The van der Waals surface area contributed by atoms with Crippen LogP contribution in [0, 0.1) is 0 Å². The number of amides is 1. The normalized spacial score (nSPS) is 12.1. The lowest BCUT2D eigenvalue weighted by Gasteiger charge is -2.20. The predicted octanol–water partition coefficient (Wildman–Crippen LogP) is 5.94. The number of nitrogens with zero attached hydrogens (tertiary/aromatic N) is 1. The van der Waals surface area contributed by atoms with E-state index in [-0.39, 0.29) is 22.7 Å². The molecule has 0 saturated carbocycles. The Hall–Kier alpha value is -5.10. The van der Waals surface area contributed by atoms with E-state index in [2.05, 4.69) is 5.32 Å². The summed E-state index contributed by atoms with van der Waals surface area (Å²) in [5.74, 6) is -0.262. The van der Waals surface area contributed by atoms with Gasteiger partial charge in [0, 0.05) is 27.6 Å². The predicted molar refractivity (Wildman–Crippen MR) is 141 cm³/mol. The zero-order valence-corrected chi connectivity index (χ0v) is 19.8. The van der Waals surface area contributed by atoms with Gasteiger partial charge in [0.25, 0.3) is 5.91 Å². The number of hydrogen-bond donors (Lipinski definition) is 1. The molecule has 0 fully saturated rings. The van der Waals surface area contributed by atoms with Crippen LogP contribution in [0.25, 0.3) is 22.2 Å². The van der Waals surface area contributed by atoms with Crippen LogP contribution in [0.5, 0.6) is 5.75 Å². The molecule has 0 atom stereocenters. The summed E-state index contributed by atoms with van der Waals surface area (Å²) in [5.41, 5.74) is 3.93. The molecule has 0 bridgehead atoms. The molecule has 1 N–H and O–H groups in total. The topological polar surface area (TPSA) is 85.4 Å². The Bertz CT molecular complexity index is 1760. The molecule has 0 aliphatic heterocycles. The standard InChI is InChI=1S/C31H20N2O4/c1-37-19-9-6-8-18(16-19)27-17-24(20-10-4-5-14-25(20)32-27)31(36)33-26-15-7-13-23-28(26)30(35)22-12-3-2-11-21(22)29(23)34/h2-17H,1H3,(H,33,36). The number of benzene rings is 4. The van der Waals surface area contributed by atoms with Crippen LogP contribution in [-0.2, 0) is 0 Å². The van der Waals surface area contributed by atoms with Gasteiger partial charge in [-0.25, -0.2) is 4.98 Å². The molecule has 1 heterocycles. The molecule has 4 aromatic carbocycles. The minimum Gasteiger partial charge on any atom is -0.497 e. The fourth-order valence-electron chi connectivity index (χ4n) is 4.73. The van der Waals surface area contributed by atoms with Gasteiger partial charge < -0.3 is 10.1 Å². The zero-order chi connectivity index (χ0) is 25.5. The van der Waals surface area contributed by atoms with E-state index in [9.17, 15) is 14.4 Å². The molecule has 0 saturated heterocycles. The summed E-state index contributed by atoms with van der Waals surface area (Å²) in [6.07, 6.45) is 0. The number of rotatable bonds is 4. The summed E-state index contributed by atoms with van der Waals surface area (Å²) in [6.45, 7) is 0. The van der Waals surface area contributed by atoms with E-state index in [0.717, 1.165) is 5.56 Å². The molecular formula is C31H20N2O4. The fraction of sp³-hybridized carbons (Fsp3) is 0.0323. The first-order chi connectivity index (χ1) is 18.0. The van der Waals surface area contributed by atoms with E-state index in [4.69, 9.17) is 9.72 Å². The van der Waals surface area contributed by atoms with Crippen molar-refractivity contribution in [2.45, 2.75) is 0 Å². The summed E-state index contributed by atoms with van der Waals surface area (Å²) >= 11 is 0. The summed E-state index contributed by atoms with van der Waals surface area (Å²) in [6, 6.07) is 28.2. The van der Waals surface area contributed by atoms with E-state index in [1.165, 1.54) is 0 Å². The zero-order valence-electron chi connectivity index (χ0n) is 19.8. The first-order valence-electron chi connectivity index (χ1n) is 11.7. The van der Waals surface area contributed by atoms with E-state index in [0.29, 0.717) is 44.7 Å². The number of carbonyl (C=O) groups excluding carboxylic acids is 3. The number of nitrogens with one attached hydrogen (secondary N) is 1. The van der Waals surface area contributed by atoms with Crippen molar-refractivity contribution >= 4 is 34.1 Å². The Morgan fingerprint density at radius 1 is 0.757 bits per heavy atom. The van der Waals surface area contributed by atoms with Gasteiger partial charge >= 0.3 is 0 Å². The van der Waals surface area contributed by atoms with Gasteiger partial charge in [0.15, 0.2) is 11.6 Å². The second-order valence-electron chi connectivity index (χ2n) is 8.69. The molecular weight excluding hydrogens is 464 g/mol. The number of para-hydroxylation sites is 1. The van der Waals surface area contributed by atoms with Gasteiger partial charge in [-0.2, -0.15) is 0 Å². The fourth-order valence-corrected chi connectivity index (χ4v) is 4.73. The third-order valence-electron chi connectivity index (χ3n) is 6.53. The molecule has 0 unspecified atom stereocenters. The first-order valence-corrected chi connectivity index (χ1v) is 11.7. The van der Waals surface area contributed by atoms with Crippen LogP contribution in [0.4, 0.5) is 5.69 Å². The Morgan fingerprint density at radius 2 is 1.46 bits per heavy atom. The highest BCUT2D eigenvalue weighted by atomic mass is 16.5. The van der Waals surface area contributed by atoms with Crippen LogP contribution in [0.15, 0.2) is 97.1 Å². The van der Waals surface area contributed by atoms with Crippen LogP contribution < -0.4 is 10.1 Å². The Kier molecular flexibility index (Phi) is 5.34. The number of ether oxygens (including phenoxy) is 1. The lowest BCUT2D eigenvalue weighted by molar-refractivity contribution is 0.0978. The van der Waals surface area contributed by atoms with Gasteiger partial charge in [-0.3, -0.25) is 14.4 Å². The third-order valence-corrected chi connectivity index (χ3v) is 6.53. The quantitative estimate of drug-likeness (QED) is 0.335. The number of methoxy groups -OCH3 is 1. The average Bonchev–Trinajstić information content (AvgIpc) is 2.95. The number of anilines is 1. The second-order valence-corrected chi connectivity index (χ2v) is 8.69. The molecule has 37 heavy (non-hydrogen) atoms. The van der Waals surface area contributed by atoms with Crippen molar-refractivity contribution in [2.75, 3.05) is 12.4 Å². The maximum Gasteiger partial charge on any atom is 0.256 e. The first kappa shape index (κ1) is 22.4. The highest BCUT2D eigenvalue weighted by Crippen LogP contribution is 2.33. The van der Waals surface area contributed by atoms with Gasteiger partial charge in [0.2, 0.25) is 0 Å². The number of fused-ring (bicyclic) bond motifs is 3. The minimum absolute atomic E-state index is 0.200. The van der Waals surface area contributed by atoms with Crippen molar-refractivity contribution < 1.29 is 19.1 Å². The van der Waals surface area contributed by atoms with Crippen molar-refractivity contribution in [3.8, 4) is 17.0 Å². The van der Waals surface area contributed by atoms with Crippen molar-refractivity contribution in [3.63, 3.8) is 0 Å². The largest absolute Gasteiger partial charge is 0.497 e. The molecule has 5 aromatic rings. The second kappa shape index (κ2) is 8.84. The molecule has 0 spiro atoms. The van der Waals surface area contributed by atoms with Crippen LogP contribution >= 0.6 is 0 Å². The van der Waals surface area contributed by atoms with E-state index < -0.39 is 5.91 Å². The molecule has 6 rings (SSSR count). The summed E-state index contributed by atoms with van der Waals surface area (Å²) in [4.78, 5) is 44.9. The number of carbonyl (C=O) groups is 3. The number of pyridine rings is 1. The van der Waals surface area contributed by atoms with E-state index in [1.807, 2.05) is 48.5 Å².